The SMILES string of the molecule is Nc1ccc(C(=O)COC(=O)c2ccccc2)cc1. The summed E-state index contributed by atoms with van der Waals surface area (Å²) in [5.74, 6) is -0.770. The van der Waals surface area contributed by atoms with E-state index in [9.17, 15) is 9.59 Å². The first-order valence-corrected chi connectivity index (χ1v) is 5.78. The third-order valence-corrected chi connectivity index (χ3v) is 2.58. The van der Waals surface area contributed by atoms with Gasteiger partial charge in [-0.1, -0.05) is 18.2 Å². The highest BCUT2D eigenvalue weighted by Gasteiger charge is 2.11. The van der Waals surface area contributed by atoms with Gasteiger partial charge in [-0.15, -0.1) is 0 Å². The van der Waals surface area contributed by atoms with Crippen LogP contribution in [0.2, 0.25) is 0 Å². The van der Waals surface area contributed by atoms with Gasteiger partial charge >= 0.3 is 5.97 Å². The molecule has 0 amide bonds. The second-order valence-corrected chi connectivity index (χ2v) is 3.99. The van der Waals surface area contributed by atoms with Gasteiger partial charge in [0.2, 0.25) is 0 Å². The summed E-state index contributed by atoms with van der Waals surface area (Å²) < 4.78 is 4.95. The zero-order chi connectivity index (χ0) is 13.7. The van der Waals surface area contributed by atoms with Crippen molar-refractivity contribution in [1.82, 2.24) is 0 Å². The Morgan fingerprint density at radius 2 is 1.53 bits per heavy atom. The van der Waals surface area contributed by atoms with E-state index in [-0.39, 0.29) is 12.4 Å². The van der Waals surface area contributed by atoms with E-state index in [0.29, 0.717) is 16.8 Å². The molecule has 0 aliphatic carbocycles. The Kier molecular flexibility index (Phi) is 3.93. The lowest BCUT2D eigenvalue weighted by Gasteiger charge is -2.04. The first-order chi connectivity index (χ1) is 9.16. The van der Waals surface area contributed by atoms with E-state index in [1.807, 2.05) is 0 Å². The van der Waals surface area contributed by atoms with Crippen molar-refractivity contribution in [1.29, 1.82) is 0 Å². The third kappa shape index (κ3) is 3.42. The van der Waals surface area contributed by atoms with Crippen molar-refractivity contribution in [2.75, 3.05) is 12.3 Å². The molecule has 19 heavy (non-hydrogen) atoms. The van der Waals surface area contributed by atoms with Crippen molar-refractivity contribution in [3.63, 3.8) is 0 Å². The van der Waals surface area contributed by atoms with Gasteiger partial charge in [0.1, 0.15) is 0 Å². The van der Waals surface area contributed by atoms with E-state index in [0.717, 1.165) is 0 Å². The minimum atomic E-state index is -0.510. The fourth-order valence-electron chi connectivity index (χ4n) is 1.54. The lowest BCUT2D eigenvalue weighted by atomic mass is 10.1. The number of hydrogen-bond donors (Lipinski definition) is 1. The molecule has 2 aromatic carbocycles. The molecular formula is C15H13NO3. The second-order valence-electron chi connectivity index (χ2n) is 3.99. The number of ketones is 1. The molecule has 0 saturated carbocycles. The van der Waals surface area contributed by atoms with Gasteiger partial charge in [0.25, 0.3) is 0 Å². The minimum absolute atomic E-state index is 0.260. The summed E-state index contributed by atoms with van der Waals surface area (Å²) in [4.78, 5) is 23.4. The number of benzene rings is 2. The molecule has 2 aromatic rings. The molecule has 0 unspecified atom stereocenters. The minimum Gasteiger partial charge on any atom is -0.454 e. The Labute approximate surface area is 110 Å². The zero-order valence-corrected chi connectivity index (χ0v) is 10.2. The van der Waals surface area contributed by atoms with Gasteiger partial charge in [-0.2, -0.15) is 0 Å². The predicted octanol–water partition coefficient (Wildman–Crippen LogP) is 2.31. The van der Waals surface area contributed by atoms with Crippen LogP contribution in [0.3, 0.4) is 0 Å². The average Bonchev–Trinajstić information content (AvgIpc) is 2.46. The number of hydrogen-bond acceptors (Lipinski definition) is 4. The number of ether oxygens (including phenoxy) is 1. The number of Topliss-reactive ketones (excluding diaryl/α,β-unsaturated/α-hetero) is 1. The fraction of sp³-hybridized carbons (Fsp3) is 0.0667. The number of carbonyl (C=O) groups excluding carboxylic acids is 2. The molecule has 0 spiro atoms. The molecule has 4 nitrogen and oxygen atoms in total. The standard InChI is InChI=1S/C15H13NO3/c16-13-8-6-11(7-9-13)14(17)10-19-15(18)12-4-2-1-3-5-12/h1-9H,10,16H2. The van der Waals surface area contributed by atoms with E-state index < -0.39 is 5.97 Å². The number of rotatable bonds is 4. The van der Waals surface area contributed by atoms with Gasteiger partial charge in [0.15, 0.2) is 12.4 Å². The van der Waals surface area contributed by atoms with Crippen LogP contribution in [0.15, 0.2) is 54.6 Å². The van der Waals surface area contributed by atoms with E-state index in [4.69, 9.17) is 10.5 Å². The van der Waals surface area contributed by atoms with Crippen molar-refractivity contribution in [3.8, 4) is 0 Å². The zero-order valence-electron chi connectivity index (χ0n) is 10.2. The number of carbonyl (C=O) groups is 2. The summed E-state index contributed by atoms with van der Waals surface area (Å²) in [6.07, 6.45) is 0. The van der Waals surface area contributed by atoms with Crippen molar-refractivity contribution in [2.45, 2.75) is 0 Å². The summed E-state index contributed by atoms with van der Waals surface area (Å²) in [5, 5.41) is 0. The normalized spacial score (nSPS) is 9.89. The quantitative estimate of drug-likeness (QED) is 0.517. The lowest BCUT2D eigenvalue weighted by molar-refractivity contribution is 0.0475. The van der Waals surface area contributed by atoms with Gasteiger partial charge in [-0.3, -0.25) is 4.79 Å². The van der Waals surface area contributed by atoms with Crippen molar-refractivity contribution >= 4 is 17.4 Å². The highest BCUT2D eigenvalue weighted by Crippen LogP contribution is 2.07. The molecular weight excluding hydrogens is 242 g/mol. The Bertz CT molecular complexity index is 576. The second kappa shape index (κ2) is 5.82. The molecule has 0 radical (unpaired) electrons. The molecule has 4 heteroatoms. The molecule has 0 atom stereocenters. The van der Waals surface area contributed by atoms with E-state index >= 15 is 0 Å². The average molecular weight is 255 g/mol. The monoisotopic (exact) mass is 255 g/mol. The Hall–Kier alpha value is -2.62. The van der Waals surface area contributed by atoms with Crippen LogP contribution in [0.5, 0.6) is 0 Å². The van der Waals surface area contributed by atoms with Gasteiger partial charge in [0, 0.05) is 11.3 Å². The van der Waals surface area contributed by atoms with Crippen molar-refractivity contribution < 1.29 is 14.3 Å². The van der Waals surface area contributed by atoms with Crippen LogP contribution in [0.4, 0.5) is 5.69 Å². The fourth-order valence-corrected chi connectivity index (χ4v) is 1.54. The number of esters is 1. The van der Waals surface area contributed by atoms with Crippen LogP contribution in [-0.2, 0) is 4.74 Å². The molecule has 0 aromatic heterocycles. The maximum Gasteiger partial charge on any atom is 0.338 e. The summed E-state index contributed by atoms with van der Waals surface area (Å²) >= 11 is 0. The van der Waals surface area contributed by atoms with Crippen LogP contribution >= 0.6 is 0 Å². The predicted molar refractivity (Wildman–Crippen MR) is 71.9 cm³/mol. The molecule has 0 fully saturated rings. The Morgan fingerprint density at radius 1 is 0.895 bits per heavy atom. The third-order valence-electron chi connectivity index (χ3n) is 2.58. The molecule has 96 valence electrons. The van der Waals surface area contributed by atoms with Gasteiger partial charge < -0.3 is 10.5 Å². The van der Waals surface area contributed by atoms with Crippen LogP contribution in [0.1, 0.15) is 20.7 Å². The Balaban J connectivity index is 1.94. The molecule has 0 aliphatic heterocycles. The molecule has 0 aliphatic rings. The first-order valence-electron chi connectivity index (χ1n) is 5.78. The van der Waals surface area contributed by atoms with Crippen molar-refractivity contribution in [3.05, 3.63) is 65.7 Å². The Morgan fingerprint density at radius 3 is 2.16 bits per heavy atom. The molecule has 2 N–H and O–H groups in total. The van der Waals surface area contributed by atoms with Gasteiger partial charge in [0.05, 0.1) is 5.56 Å². The summed E-state index contributed by atoms with van der Waals surface area (Å²) in [7, 11) is 0. The van der Waals surface area contributed by atoms with E-state index in [2.05, 4.69) is 0 Å². The van der Waals surface area contributed by atoms with E-state index in [1.165, 1.54) is 0 Å². The first kappa shape index (κ1) is 12.8. The van der Waals surface area contributed by atoms with Gasteiger partial charge in [-0.05, 0) is 36.4 Å². The number of nitrogens with two attached hydrogens (primary N) is 1. The van der Waals surface area contributed by atoms with Crippen LogP contribution < -0.4 is 5.73 Å². The van der Waals surface area contributed by atoms with Crippen molar-refractivity contribution in [2.24, 2.45) is 0 Å². The molecule has 2 rings (SSSR count). The van der Waals surface area contributed by atoms with E-state index in [1.54, 1.807) is 54.6 Å². The summed E-state index contributed by atoms with van der Waals surface area (Å²) in [6, 6.07) is 15.0. The number of nitrogen functional groups attached to an aromatic ring is 1. The smallest absolute Gasteiger partial charge is 0.338 e. The molecule has 0 bridgehead atoms. The van der Waals surface area contributed by atoms with Crippen LogP contribution in [0.25, 0.3) is 0 Å². The molecule has 0 heterocycles. The topological polar surface area (TPSA) is 69.4 Å². The highest BCUT2D eigenvalue weighted by molar-refractivity contribution is 5.99. The number of anilines is 1. The highest BCUT2D eigenvalue weighted by atomic mass is 16.5. The van der Waals surface area contributed by atoms with Crippen LogP contribution in [0, 0.1) is 0 Å². The lowest BCUT2D eigenvalue weighted by Crippen LogP contribution is -2.14. The maximum atomic E-state index is 11.8. The summed E-state index contributed by atoms with van der Waals surface area (Å²) in [6.45, 7) is -0.280. The molecule has 0 saturated heterocycles. The summed E-state index contributed by atoms with van der Waals surface area (Å²) in [5.41, 5.74) is 7.00. The van der Waals surface area contributed by atoms with Gasteiger partial charge in [-0.25, -0.2) is 4.79 Å². The maximum absolute atomic E-state index is 11.8. The largest absolute Gasteiger partial charge is 0.454 e. The van der Waals surface area contributed by atoms with Crippen LogP contribution in [-0.4, -0.2) is 18.4 Å².